The van der Waals surface area contributed by atoms with Crippen LogP contribution in [0.5, 0.6) is 0 Å². The van der Waals surface area contributed by atoms with Crippen LogP contribution in [-0.2, 0) is 4.79 Å². The van der Waals surface area contributed by atoms with Gasteiger partial charge in [0.25, 0.3) is 0 Å². The number of carbonyl (C=O) groups is 1. The van der Waals surface area contributed by atoms with Gasteiger partial charge in [0.05, 0.1) is 5.92 Å². The Kier molecular flexibility index (Phi) is 1.63. The van der Waals surface area contributed by atoms with Crippen LogP contribution < -0.4 is 0 Å². The maximum atomic E-state index is 10.7. The fourth-order valence-corrected chi connectivity index (χ4v) is 2.68. The molecule has 3 aliphatic rings. The summed E-state index contributed by atoms with van der Waals surface area (Å²) in [7, 11) is 0. The second-order valence-corrected chi connectivity index (χ2v) is 3.96. The number of hydrogen-bond donors (Lipinski definition) is 1. The van der Waals surface area contributed by atoms with Gasteiger partial charge < -0.3 is 5.11 Å². The van der Waals surface area contributed by atoms with Gasteiger partial charge in [-0.1, -0.05) is 12.8 Å². The molecule has 3 fully saturated rings. The molecule has 3 saturated carbocycles. The Morgan fingerprint density at radius 2 is 1.82 bits per heavy atom. The third-order valence-corrected chi connectivity index (χ3v) is 3.36. The summed E-state index contributed by atoms with van der Waals surface area (Å²) in [5.41, 5.74) is 0. The summed E-state index contributed by atoms with van der Waals surface area (Å²) in [6, 6.07) is 0. The Balaban J connectivity index is 2.08. The number of carboxylic acid groups (broad SMARTS) is 1. The van der Waals surface area contributed by atoms with E-state index in [2.05, 4.69) is 0 Å². The quantitative estimate of drug-likeness (QED) is 0.626. The van der Waals surface area contributed by atoms with Crippen LogP contribution in [0.2, 0.25) is 0 Å². The van der Waals surface area contributed by atoms with Gasteiger partial charge >= 0.3 is 5.97 Å². The van der Waals surface area contributed by atoms with Crippen molar-refractivity contribution in [2.75, 3.05) is 0 Å². The normalized spacial score (nSPS) is 42.4. The zero-order valence-corrected chi connectivity index (χ0v) is 6.62. The lowest BCUT2D eigenvalue weighted by Crippen LogP contribution is -2.35. The molecular formula is C9H14O2. The predicted octanol–water partition coefficient (Wildman–Crippen LogP) is 1.90. The minimum atomic E-state index is -0.556. The van der Waals surface area contributed by atoms with E-state index in [9.17, 15) is 4.79 Å². The Labute approximate surface area is 66.6 Å². The van der Waals surface area contributed by atoms with E-state index in [1.54, 1.807) is 0 Å². The monoisotopic (exact) mass is 154 g/mol. The Bertz CT molecular complexity index is 168. The van der Waals surface area contributed by atoms with Crippen LogP contribution in [0, 0.1) is 17.8 Å². The van der Waals surface area contributed by atoms with E-state index in [0.717, 1.165) is 12.3 Å². The Morgan fingerprint density at radius 1 is 1.18 bits per heavy atom. The second kappa shape index (κ2) is 2.50. The topological polar surface area (TPSA) is 37.3 Å². The van der Waals surface area contributed by atoms with E-state index >= 15 is 0 Å². The minimum Gasteiger partial charge on any atom is -0.481 e. The van der Waals surface area contributed by atoms with Crippen molar-refractivity contribution in [3.63, 3.8) is 0 Å². The Morgan fingerprint density at radius 3 is 2.09 bits per heavy atom. The molecule has 3 aliphatic carbocycles. The average molecular weight is 154 g/mol. The van der Waals surface area contributed by atoms with Crippen LogP contribution in [0.3, 0.4) is 0 Å². The van der Waals surface area contributed by atoms with Crippen LogP contribution in [0.15, 0.2) is 0 Å². The van der Waals surface area contributed by atoms with Crippen molar-refractivity contribution in [1.29, 1.82) is 0 Å². The zero-order valence-electron chi connectivity index (χ0n) is 6.62. The molecule has 3 rings (SSSR count). The molecule has 0 spiro atoms. The van der Waals surface area contributed by atoms with Crippen molar-refractivity contribution in [2.45, 2.75) is 32.1 Å². The highest BCUT2D eigenvalue weighted by molar-refractivity contribution is 5.70. The first-order valence-electron chi connectivity index (χ1n) is 4.50. The second-order valence-electron chi connectivity index (χ2n) is 3.96. The molecule has 0 heterocycles. The van der Waals surface area contributed by atoms with Gasteiger partial charge in [-0.2, -0.15) is 0 Å². The highest BCUT2D eigenvalue weighted by Crippen LogP contribution is 2.44. The van der Waals surface area contributed by atoms with Crippen LogP contribution >= 0.6 is 0 Å². The molecule has 0 aliphatic heterocycles. The highest BCUT2D eigenvalue weighted by atomic mass is 16.4. The SMILES string of the molecule is O=C(O)[C@@H]1C[C@H]2CC[C@@H]1CC2. The molecule has 0 aromatic rings. The lowest BCUT2D eigenvalue weighted by atomic mass is 9.65. The van der Waals surface area contributed by atoms with Gasteiger partial charge in [-0.25, -0.2) is 0 Å². The Hall–Kier alpha value is -0.530. The molecule has 0 unspecified atom stereocenters. The molecule has 62 valence electrons. The van der Waals surface area contributed by atoms with Gasteiger partial charge in [-0.05, 0) is 31.1 Å². The average Bonchev–Trinajstić information content (AvgIpc) is 2.06. The van der Waals surface area contributed by atoms with E-state index in [-0.39, 0.29) is 5.92 Å². The summed E-state index contributed by atoms with van der Waals surface area (Å²) in [6.45, 7) is 0. The summed E-state index contributed by atoms with van der Waals surface area (Å²) in [5.74, 6) is 0.695. The largest absolute Gasteiger partial charge is 0.481 e. The van der Waals surface area contributed by atoms with Gasteiger partial charge in [-0.15, -0.1) is 0 Å². The van der Waals surface area contributed by atoms with Gasteiger partial charge in [0.2, 0.25) is 0 Å². The van der Waals surface area contributed by atoms with Crippen molar-refractivity contribution >= 4 is 5.97 Å². The molecule has 2 bridgehead atoms. The van der Waals surface area contributed by atoms with Crippen LogP contribution in [-0.4, -0.2) is 11.1 Å². The molecule has 1 N–H and O–H groups in total. The number of hydrogen-bond acceptors (Lipinski definition) is 1. The number of aliphatic carboxylic acids is 1. The van der Waals surface area contributed by atoms with Gasteiger partial charge in [0, 0.05) is 0 Å². The number of carboxylic acids is 1. The van der Waals surface area contributed by atoms with E-state index in [0.29, 0.717) is 5.92 Å². The van der Waals surface area contributed by atoms with Crippen molar-refractivity contribution in [3.8, 4) is 0 Å². The van der Waals surface area contributed by atoms with Gasteiger partial charge in [0.1, 0.15) is 0 Å². The minimum absolute atomic E-state index is 0.00231. The summed E-state index contributed by atoms with van der Waals surface area (Å²) in [6.07, 6.45) is 5.87. The van der Waals surface area contributed by atoms with E-state index < -0.39 is 5.97 Å². The molecular weight excluding hydrogens is 140 g/mol. The lowest BCUT2D eigenvalue weighted by Gasteiger charge is -2.40. The fraction of sp³-hybridized carbons (Fsp3) is 0.889. The van der Waals surface area contributed by atoms with Crippen LogP contribution in [0.1, 0.15) is 32.1 Å². The molecule has 2 heteroatoms. The number of rotatable bonds is 1. The van der Waals surface area contributed by atoms with Crippen molar-refractivity contribution < 1.29 is 9.90 Å². The highest BCUT2D eigenvalue weighted by Gasteiger charge is 2.39. The maximum Gasteiger partial charge on any atom is 0.306 e. The molecule has 0 aromatic heterocycles. The first kappa shape index (κ1) is 7.14. The van der Waals surface area contributed by atoms with Crippen molar-refractivity contribution in [3.05, 3.63) is 0 Å². The van der Waals surface area contributed by atoms with Gasteiger partial charge in [-0.3, -0.25) is 4.79 Å². The standard InChI is InChI=1S/C9H14O2/c10-9(11)8-5-6-1-3-7(8)4-2-6/h6-8H,1-5H2,(H,10,11)/t6-,7+,8-/m1/s1. The van der Waals surface area contributed by atoms with Crippen molar-refractivity contribution in [1.82, 2.24) is 0 Å². The number of fused-ring (bicyclic) bond motifs is 3. The smallest absolute Gasteiger partial charge is 0.306 e. The lowest BCUT2D eigenvalue weighted by molar-refractivity contribution is -0.147. The van der Waals surface area contributed by atoms with Crippen molar-refractivity contribution in [2.24, 2.45) is 17.8 Å². The molecule has 11 heavy (non-hydrogen) atoms. The van der Waals surface area contributed by atoms with E-state index in [1.165, 1.54) is 25.7 Å². The summed E-state index contributed by atoms with van der Waals surface area (Å²) >= 11 is 0. The third-order valence-electron chi connectivity index (χ3n) is 3.36. The van der Waals surface area contributed by atoms with Crippen LogP contribution in [0.25, 0.3) is 0 Å². The van der Waals surface area contributed by atoms with E-state index in [1.807, 2.05) is 0 Å². The third kappa shape index (κ3) is 1.15. The predicted molar refractivity (Wildman–Crippen MR) is 41.2 cm³/mol. The van der Waals surface area contributed by atoms with Gasteiger partial charge in [0.15, 0.2) is 0 Å². The molecule has 0 saturated heterocycles. The molecule has 0 amide bonds. The molecule has 1 atom stereocenters. The first-order chi connectivity index (χ1) is 5.27. The fourth-order valence-electron chi connectivity index (χ4n) is 2.68. The molecule has 0 radical (unpaired) electrons. The molecule has 0 aromatic carbocycles. The zero-order chi connectivity index (χ0) is 7.84. The first-order valence-corrected chi connectivity index (χ1v) is 4.50. The van der Waals surface area contributed by atoms with E-state index in [4.69, 9.17) is 5.11 Å². The maximum absolute atomic E-state index is 10.7. The summed E-state index contributed by atoms with van der Waals surface area (Å²) in [5, 5.41) is 8.86. The summed E-state index contributed by atoms with van der Waals surface area (Å²) in [4.78, 5) is 10.7. The summed E-state index contributed by atoms with van der Waals surface area (Å²) < 4.78 is 0. The molecule has 2 nitrogen and oxygen atoms in total. The van der Waals surface area contributed by atoms with Crippen LogP contribution in [0.4, 0.5) is 0 Å².